The monoisotopic (exact) mass is 247 g/mol. The maximum atomic E-state index is 6.03. The summed E-state index contributed by atoms with van der Waals surface area (Å²) in [6.07, 6.45) is 0. The van der Waals surface area contributed by atoms with Crippen LogP contribution in [0.4, 0.5) is 0 Å². The van der Waals surface area contributed by atoms with E-state index in [1.165, 1.54) is 0 Å². The van der Waals surface area contributed by atoms with Gasteiger partial charge in [-0.2, -0.15) is 0 Å². The van der Waals surface area contributed by atoms with Crippen molar-refractivity contribution in [2.24, 2.45) is 0 Å². The fourth-order valence-corrected chi connectivity index (χ4v) is 1.73. The summed E-state index contributed by atoms with van der Waals surface area (Å²) in [5.41, 5.74) is 1.05. The van der Waals surface area contributed by atoms with Crippen LogP contribution in [0.3, 0.4) is 0 Å². The Kier molecular flexibility index (Phi) is 5.40. The van der Waals surface area contributed by atoms with Gasteiger partial charge >= 0.3 is 0 Å². The molecule has 0 amide bonds. The highest BCUT2D eigenvalue weighted by atomic mass is 35.5. The molecule has 15 heavy (non-hydrogen) atoms. The van der Waals surface area contributed by atoms with Crippen molar-refractivity contribution < 1.29 is 4.74 Å². The Labute approximate surface area is 101 Å². The molecule has 84 valence electrons. The van der Waals surface area contributed by atoms with E-state index in [9.17, 15) is 0 Å². The molecule has 1 atom stereocenters. The molecule has 4 heteroatoms. The molecule has 0 saturated heterocycles. The van der Waals surface area contributed by atoms with Crippen LogP contribution in [-0.4, -0.2) is 19.8 Å². The molecule has 0 aliphatic rings. The zero-order chi connectivity index (χ0) is 11.3. The van der Waals surface area contributed by atoms with Gasteiger partial charge < -0.3 is 10.1 Å². The molecule has 0 aromatic heterocycles. The van der Waals surface area contributed by atoms with E-state index >= 15 is 0 Å². The average Bonchev–Trinajstić information content (AvgIpc) is 2.17. The van der Waals surface area contributed by atoms with Gasteiger partial charge in [-0.3, -0.25) is 0 Å². The molecular weight excluding hydrogens is 233 g/mol. The molecule has 0 radical (unpaired) electrons. The van der Waals surface area contributed by atoms with Crippen molar-refractivity contribution in [3.05, 3.63) is 33.8 Å². The lowest BCUT2D eigenvalue weighted by atomic mass is 10.2. The van der Waals surface area contributed by atoms with Crippen LogP contribution in [0.15, 0.2) is 18.2 Å². The predicted molar refractivity (Wildman–Crippen MR) is 64.6 cm³/mol. The molecule has 2 nitrogen and oxygen atoms in total. The minimum Gasteiger partial charge on any atom is -0.383 e. The third-order valence-electron chi connectivity index (χ3n) is 2.07. The maximum absolute atomic E-state index is 6.03. The van der Waals surface area contributed by atoms with Crippen molar-refractivity contribution in [1.29, 1.82) is 0 Å². The zero-order valence-electron chi connectivity index (χ0n) is 8.89. The molecule has 0 saturated carbocycles. The molecule has 1 N–H and O–H groups in total. The first-order chi connectivity index (χ1) is 7.13. The molecular formula is C11H15Cl2NO. The Bertz CT molecular complexity index is 317. The van der Waals surface area contributed by atoms with Gasteiger partial charge in [0.2, 0.25) is 0 Å². The summed E-state index contributed by atoms with van der Waals surface area (Å²) in [5.74, 6) is 0. The number of halogens is 2. The fourth-order valence-electron chi connectivity index (χ4n) is 1.26. The summed E-state index contributed by atoms with van der Waals surface area (Å²) >= 11 is 11.8. The molecule has 0 heterocycles. The van der Waals surface area contributed by atoms with Gasteiger partial charge in [0.05, 0.1) is 6.61 Å². The van der Waals surface area contributed by atoms with Crippen LogP contribution in [0.2, 0.25) is 10.0 Å². The van der Waals surface area contributed by atoms with Crippen molar-refractivity contribution in [1.82, 2.24) is 5.32 Å². The van der Waals surface area contributed by atoms with E-state index < -0.39 is 0 Å². The summed E-state index contributed by atoms with van der Waals surface area (Å²) < 4.78 is 5.02. The number of hydrogen-bond acceptors (Lipinski definition) is 2. The van der Waals surface area contributed by atoms with E-state index in [1.54, 1.807) is 13.2 Å². The van der Waals surface area contributed by atoms with Crippen molar-refractivity contribution in [2.75, 3.05) is 13.7 Å². The number of ether oxygens (including phenoxy) is 1. The topological polar surface area (TPSA) is 21.3 Å². The van der Waals surface area contributed by atoms with Gasteiger partial charge in [0.25, 0.3) is 0 Å². The smallest absolute Gasteiger partial charge is 0.0613 e. The molecule has 0 fully saturated rings. The van der Waals surface area contributed by atoms with E-state index in [0.29, 0.717) is 22.7 Å². The minimum absolute atomic E-state index is 0.307. The first-order valence-electron chi connectivity index (χ1n) is 4.79. The third kappa shape index (κ3) is 4.39. The number of benzene rings is 1. The minimum atomic E-state index is 0.307. The lowest BCUT2D eigenvalue weighted by molar-refractivity contribution is 0.171. The van der Waals surface area contributed by atoms with Gasteiger partial charge in [-0.15, -0.1) is 0 Å². The summed E-state index contributed by atoms with van der Waals surface area (Å²) in [6, 6.07) is 5.82. The fraction of sp³-hybridized carbons (Fsp3) is 0.455. The lowest BCUT2D eigenvalue weighted by Gasteiger charge is -2.13. The molecule has 1 aromatic rings. The quantitative estimate of drug-likeness (QED) is 0.864. The predicted octanol–water partition coefficient (Wildman–Crippen LogP) is 3.12. The number of methoxy groups -OCH3 is 1. The largest absolute Gasteiger partial charge is 0.383 e. The Hall–Kier alpha value is -0.280. The summed E-state index contributed by atoms with van der Waals surface area (Å²) in [4.78, 5) is 0. The molecule has 0 bridgehead atoms. The normalized spacial score (nSPS) is 12.8. The van der Waals surface area contributed by atoms with Crippen LogP contribution in [0.5, 0.6) is 0 Å². The summed E-state index contributed by atoms with van der Waals surface area (Å²) in [7, 11) is 1.69. The summed E-state index contributed by atoms with van der Waals surface area (Å²) in [6.45, 7) is 3.47. The Morgan fingerprint density at radius 1 is 1.40 bits per heavy atom. The lowest BCUT2D eigenvalue weighted by Crippen LogP contribution is -2.29. The van der Waals surface area contributed by atoms with E-state index in [2.05, 4.69) is 12.2 Å². The molecule has 1 aromatic carbocycles. The standard InChI is InChI=1S/C11H15Cl2NO/c1-8(7-15-2)14-6-9-3-4-10(12)5-11(9)13/h3-5,8,14H,6-7H2,1-2H3/t8-/m0/s1. The molecule has 1 rings (SSSR count). The summed E-state index contributed by atoms with van der Waals surface area (Å²) in [5, 5.41) is 4.66. The zero-order valence-corrected chi connectivity index (χ0v) is 10.4. The molecule has 0 spiro atoms. The number of nitrogens with one attached hydrogen (secondary N) is 1. The molecule has 0 aliphatic carbocycles. The highest BCUT2D eigenvalue weighted by Gasteiger charge is 2.04. The van der Waals surface area contributed by atoms with Crippen molar-refractivity contribution >= 4 is 23.2 Å². The molecule has 0 unspecified atom stereocenters. The van der Waals surface area contributed by atoms with Crippen molar-refractivity contribution in [3.63, 3.8) is 0 Å². The van der Waals surface area contributed by atoms with Crippen molar-refractivity contribution in [2.45, 2.75) is 19.5 Å². The van der Waals surface area contributed by atoms with Gasteiger partial charge in [0.15, 0.2) is 0 Å². The van der Waals surface area contributed by atoms with E-state index in [4.69, 9.17) is 27.9 Å². The highest BCUT2D eigenvalue weighted by Crippen LogP contribution is 2.20. The van der Waals surface area contributed by atoms with Gasteiger partial charge in [-0.05, 0) is 24.6 Å². The molecule has 0 aliphatic heterocycles. The Morgan fingerprint density at radius 3 is 2.73 bits per heavy atom. The third-order valence-corrected chi connectivity index (χ3v) is 2.66. The Morgan fingerprint density at radius 2 is 2.13 bits per heavy atom. The second kappa shape index (κ2) is 6.33. The van der Waals surface area contributed by atoms with Crippen LogP contribution in [0.1, 0.15) is 12.5 Å². The Balaban J connectivity index is 2.50. The van der Waals surface area contributed by atoms with E-state index in [1.807, 2.05) is 12.1 Å². The van der Waals surface area contributed by atoms with Crippen LogP contribution >= 0.6 is 23.2 Å². The van der Waals surface area contributed by atoms with Crippen LogP contribution in [-0.2, 0) is 11.3 Å². The van der Waals surface area contributed by atoms with Crippen LogP contribution in [0.25, 0.3) is 0 Å². The van der Waals surface area contributed by atoms with E-state index in [-0.39, 0.29) is 0 Å². The second-order valence-electron chi connectivity index (χ2n) is 3.47. The van der Waals surface area contributed by atoms with Crippen LogP contribution < -0.4 is 5.32 Å². The van der Waals surface area contributed by atoms with Gasteiger partial charge in [-0.1, -0.05) is 29.3 Å². The first kappa shape index (κ1) is 12.8. The first-order valence-corrected chi connectivity index (χ1v) is 5.55. The van der Waals surface area contributed by atoms with Gasteiger partial charge in [0.1, 0.15) is 0 Å². The maximum Gasteiger partial charge on any atom is 0.0613 e. The second-order valence-corrected chi connectivity index (χ2v) is 4.32. The number of hydrogen-bond donors (Lipinski definition) is 1. The van der Waals surface area contributed by atoms with Gasteiger partial charge in [0, 0.05) is 29.7 Å². The average molecular weight is 248 g/mol. The van der Waals surface area contributed by atoms with Crippen LogP contribution in [0, 0.1) is 0 Å². The van der Waals surface area contributed by atoms with E-state index in [0.717, 1.165) is 12.1 Å². The van der Waals surface area contributed by atoms with Gasteiger partial charge in [-0.25, -0.2) is 0 Å². The number of rotatable bonds is 5. The highest BCUT2D eigenvalue weighted by molar-refractivity contribution is 6.35. The van der Waals surface area contributed by atoms with Crippen molar-refractivity contribution in [3.8, 4) is 0 Å². The SMILES string of the molecule is COC[C@H](C)NCc1ccc(Cl)cc1Cl.